The van der Waals surface area contributed by atoms with Crippen LogP contribution in [0.3, 0.4) is 0 Å². The van der Waals surface area contributed by atoms with Crippen LogP contribution in [-0.4, -0.2) is 23.1 Å². The third-order valence-corrected chi connectivity index (χ3v) is 2.70. The first-order valence-corrected chi connectivity index (χ1v) is 5.25. The van der Waals surface area contributed by atoms with Gasteiger partial charge < -0.3 is 10.3 Å². The smallest absolute Gasteiger partial charge is 0.159 e. The number of nitrogens with one attached hydrogen (secondary N) is 1. The van der Waals surface area contributed by atoms with Crippen molar-refractivity contribution < 1.29 is 0 Å². The SMILES string of the molecule is CCN(CC)c1ncnc(NN)c1Br. The van der Waals surface area contributed by atoms with Crippen LogP contribution in [0.25, 0.3) is 0 Å². The summed E-state index contributed by atoms with van der Waals surface area (Å²) in [6.07, 6.45) is 1.49. The van der Waals surface area contributed by atoms with Crippen LogP contribution in [-0.2, 0) is 0 Å². The van der Waals surface area contributed by atoms with Crippen molar-refractivity contribution in [2.24, 2.45) is 5.84 Å². The molecular weight excluding hydrogens is 246 g/mol. The van der Waals surface area contributed by atoms with Crippen LogP contribution in [0.4, 0.5) is 11.6 Å². The average molecular weight is 260 g/mol. The zero-order chi connectivity index (χ0) is 10.6. The molecule has 78 valence electrons. The number of nitrogens with two attached hydrogens (primary N) is 1. The number of aromatic nitrogens is 2. The van der Waals surface area contributed by atoms with E-state index in [1.54, 1.807) is 0 Å². The molecule has 0 radical (unpaired) electrons. The van der Waals surface area contributed by atoms with Crippen LogP contribution >= 0.6 is 15.9 Å². The summed E-state index contributed by atoms with van der Waals surface area (Å²) in [7, 11) is 0. The molecule has 0 saturated heterocycles. The molecule has 6 heteroatoms. The van der Waals surface area contributed by atoms with Gasteiger partial charge in [-0.15, -0.1) is 0 Å². The number of nitrogens with zero attached hydrogens (tertiary/aromatic N) is 3. The van der Waals surface area contributed by atoms with Gasteiger partial charge >= 0.3 is 0 Å². The van der Waals surface area contributed by atoms with Gasteiger partial charge in [0.25, 0.3) is 0 Å². The minimum atomic E-state index is 0.599. The molecule has 0 aliphatic heterocycles. The van der Waals surface area contributed by atoms with E-state index in [9.17, 15) is 0 Å². The summed E-state index contributed by atoms with van der Waals surface area (Å²) in [5, 5.41) is 0. The molecule has 0 aliphatic rings. The van der Waals surface area contributed by atoms with Gasteiger partial charge in [-0.05, 0) is 29.8 Å². The molecule has 1 aromatic rings. The Bertz CT molecular complexity index is 300. The Morgan fingerprint density at radius 1 is 1.43 bits per heavy atom. The third-order valence-electron chi connectivity index (χ3n) is 1.97. The molecule has 0 aromatic carbocycles. The molecule has 1 heterocycles. The summed E-state index contributed by atoms with van der Waals surface area (Å²) in [4.78, 5) is 10.3. The summed E-state index contributed by atoms with van der Waals surface area (Å²) < 4.78 is 0.797. The maximum absolute atomic E-state index is 5.31. The first-order valence-electron chi connectivity index (χ1n) is 4.46. The highest BCUT2D eigenvalue weighted by atomic mass is 79.9. The highest BCUT2D eigenvalue weighted by Gasteiger charge is 2.11. The van der Waals surface area contributed by atoms with Crippen LogP contribution < -0.4 is 16.2 Å². The number of nitrogen functional groups attached to an aromatic ring is 1. The molecule has 0 saturated carbocycles. The Hall–Kier alpha value is -0.880. The summed E-state index contributed by atoms with van der Waals surface area (Å²) in [6.45, 7) is 5.95. The summed E-state index contributed by atoms with van der Waals surface area (Å²) in [6, 6.07) is 0. The molecule has 3 N–H and O–H groups in total. The molecule has 0 spiro atoms. The van der Waals surface area contributed by atoms with Gasteiger partial charge in [-0.3, -0.25) is 0 Å². The highest BCUT2D eigenvalue weighted by Crippen LogP contribution is 2.28. The molecule has 0 fully saturated rings. The quantitative estimate of drug-likeness (QED) is 0.632. The first kappa shape index (κ1) is 11.2. The van der Waals surface area contributed by atoms with Crippen molar-refractivity contribution in [1.29, 1.82) is 0 Å². The Kier molecular flexibility index (Phi) is 4.09. The van der Waals surface area contributed by atoms with Gasteiger partial charge in [0.05, 0.1) is 0 Å². The molecule has 0 unspecified atom stereocenters. The number of hydrogen-bond donors (Lipinski definition) is 2. The van der Waals surface area contributed by atoms with Crippen LogP contribution in [0.2, 0.25) is 0 Å². The average Bonchev–Trinajstić information content (AvgIpc) is 2.22. The second-order valence-corrected chi connectivity index (χ2v) is 3.47. The maximum Gasteiger partial charge on any atom is 0.159 e. The molecule has 0 aliphatic carbocycles. The Morgan fingerprint density at radius 2 is 2.07 bits per heavy atom. The predicted octanol–water partition coefficient (Wildman–Crippen LogP) is 1.37. The lowest BCUT2D eigenvalue weighted by Gasteiger charge is -2.21. The van der Waals surface area contributed by atoms with Crippen LogP contribution in [0, 0.1) is 0 Å². The van der Waals surface area contributed by atoms with E-state index in [1.165, 1.54) is 6.33 Å². The molecule has 1 aromatic heterocycles. The summed E-state index contributed by atoms with van der Waals surface area (Å²) >= 11 is 3.41. The highest BCUT2D eigenvalue weighted by molar-refractivity contribution is 9.10. The lowest BCUT2D eigenvalue weighted by atomic mass is 10.4. The number of hydrogen-bond acceptors (Lipinski definition) is 5. The largest absolute Gasteiger partial charge is 0.356 e. The van der Waals surface area contributed by atoms with Crippen molar-refractivity contribution in [3.05, 3.63) is 10.8 Å². The van der Waals surface area contributed by atoms with Gasteiger partial charge in [-0.1, -0.05) is 0 Å². The minimum Gasteiger partial charge on any atom is -0.356 e. The molecule has 5 nitrogen and oxygen atoms in total. The van der Waals surface area contributed by atoms with E-state index in [-0.39, 0.29) is 0 Å². The predicted molar refractivity (Wildman–Crippen MR) is 61.1 cm³/mol. The number of hydrazine groups is 1. The van der Waals surface area contributed by atoms with Gasteiger partial charge in [0.1, 0.15) is 16.6 Å². The normalized spacial score (nSPS) is 10.0. The molecule has 0 atom stereocenters. The van der Waals surface area contributed by atoms with Gasteiger partial charge in [0, 0.05) is 13.1 Å². The fourth-order valence-electron chi connectivity index (χ4n) is 1.20. The molecule has 0 bridgehead atoms. The van der Waals surface area contributed by atoms with Crippen molar-refractivity contribution >= 4 is 27.6 Å². The second kappa shape index (κ2) is 5.11. The second-order valence-electron chi connectivity index (χ2n) is 2.68. The molecular formula is C8H14BrN5. The first-order chi connectivity index (χ1) is 6.74. The maximum atomic E-state index is 5.31. The Labute approximate surface area is 91.8 Å². The Morgan fingerprint density at radius 3 is 2.57 bits per heavy atom. The summed E-state index contributed by atoms with van der Waals surface area (Å²) in [5.74, 6) is 6.77. The molecule has 1 rings (SSSR count). The van der Waals surface area contributed by atoms with Crippen molar-refractivity contribution in [3.8, 4) is 0 Å². The fourth-order valence-corrected chi connectivity index (χ4v) is 1.77. The van der Waals surface area contributed by atoms with Crippen LogP contribution in [0.1, 0.15) is 13.8 Å². The van der Waals surface area contributed by atoms with E-state index < -0.39 is 0 Å². The van der Waals surface area contributed by atoms with E-state index in [0.29, 0.717) is 5.82 Å². The van der Waals surface area contributed by atoms with E-state index in [0.717, 1.165) is 23.4 Å². The van der Waals surface area contributed by atoms with Crippen LogP contribution in [0.5, 0.6) is 0 Å². The fraction of sp³-hybridized carbons (Fsp3) is 0.500. The monoisotopic (exact) mass is 259 g/mol. The summed E-state index contributed by atoms with van der Waals surface area (Å²) in [5.41, 5.74) is 2.51. The zero-order valence-electron chi connectivity index (χ0n) is 8.29. The van der Waals surface area contributed by atoms with Crippen molar-refractivity contribution in [3.63, 3.8) is 0 Å². The van der Waals surface area contributed by atoms with Gasteiger partial charge in [-0.25, -0.2) is 15.8 Å². The van der Waals surface area contributed by atoms with Crippen molar-refractivity contribution in [2.75, 3.05) is 23.4 Å². The van der Waals surface area contributed by atoms with E-state index in [1.807, 2.05) is 0 Å². The van der Waals surface area contributed by atoms with Crippen LogP contribution in [0.15, 0.2) is 10.8 Å². The van der Waals surface area contributed by atoms with Crippen molar-refractivity contribution in [1.82, 2.24) is 9.97 Å². The zero-order valence-corrected chi connectivity index (χ0v) is 9.87. The van der Waals surface area contributed by atoms with E-state index in [4.69, 9.17) is 5.84 Å². The standard InChI is InChI=1S/C8H14BrN5/c1-3-14(4-2)8-6(9)7(13-10)11-5-12-8/h5H,3-4,10H2,1-2H3,(H,11,12,13). The lowest BCUT2D eigenvalue weighted by molar-refractivity contribution is 0.838. The van der Waals surface area contributed by atoms with Gasteiger partial charge in [0.2, 0.25) is 0 Å². The topological polar surface area (TPSA) is 67.1 Å². The van der Waals surface area contributed by atoms with Crippen molar-refractivity contribution in [2.45, 2.75) is 13.8 Å². The number of rotatable bonds is 4. The van der Waals surface area contributed by atoms with Gasteiger partial charge in [-0.2, -0.15) is 0 Å². The Balaban J connectivity index is 3.07. The van der Waals surface area contributed by atoms with E-state index in [2.05, 4.69) is 50.1 Å². The molecule has 14 heavy (non-hydrogen) atoms. The van der Waals surface area contributed by atoms with Gasteiger partial charge in [0.15, 0.2) is 5.82 Å². The lowest BCUT2D eigenvalue weighted by Crippen LogP contribution is -2.24. The molecule has 0 amide bonds. The number of anilines is 2. The third kappa shape index (κ3) is 2.13. The number of halogens is 1. The van der Waals surface area contributed by atoms with E-state index >= 15 is 0 Å². The minimum absolute atomic E-state index is 0.599.